The summed E-state index contributed by atoms with van der Waals surface area (Å²) in [4.78, 5) is 8.67. The molecule has 0 spiro atoms. The van der Waals surface area contributed by atoms with Gasteiger partial charge in [0.1, 0.15) is 0 Å². The first-order valence-electron chi connectivity index (χ1n) is 6.87. The molecule has 0 bridgehead atoms. The number of fused-ring (bicyclic) bond motifs is 1. The topological polar surface area (TPSA) is 37.8 Å². The van der Waals surface area contributed by atoms with E-state index in [-0.39, 0.29) is 6.04 Å². The Bertz CT molecular complexity index is 689. The number of nitrogens with one attached hydrogen (secondary N) is 1. The second kappa shape index (κ2) is 5.80. The van der Waals surface area contributed by atoms with E-state index >= 15 is 0 Å². The van der Waals surface area contributed by atoms with Gasteiger partial charge in [0, 0.05) is 24.0 Å². The van der Waals surface area contributed by atoms with Gasteiger partial charge in [0.2, 0.25) is 0 Å². The van der Waals surface area contributed by atoms with Crippen LogP contribution in [-0.4, -0.2) is 16.5 Å². The number of hydrogen-bond acceptors (Lipinski definition) is 3. The van der Waals surface area contributed by atoms with Crippen molar-refractivity contribution in [3.05, 3.63) is 72.2 Å². The molecule has 0 amide bonds. The van der Waals surface area contributed by atoms with Crippen LogP contribution < -0.4 is 5.32 Å². The molecule has 100 valence electrons. The van der Waals surface area contributed by atoms with Crippen LogP contribution in [0.1, 0.15) is 24.1 Å². The maximum Gasteiger partial charge on any atom is 0.0705 e. The zero-order chi connectivity index (χ0) is 13.8. The van der Waals surface area contributed by atoms with Crippen molar-refractivity contribution in [3.63, 3.8) is 0 Å². The number of rotatable bonds is 4. The van der Waals surface area contributed by atoms with Crippen LogP contribution in [0.2, 0.25) is 0 Å². The average Bonchev–Trinajstić information content (AvgIpc) is 2.53. The fourth-order valence-corrected chi connectivity index (χ4v) is 2.53. The van der Waals surface area contributed by atoms with E-state index < -0.39 is 0 Å². The molecular weight excluding hydrogens is 246 g/mol. The van der Waals surface area contributed by atoms with Crippen molar-refractivity contribution in [3.8, 4) is 0 Å². The summed E-state index contributed by atoms with van der Waals surface area (Å²) in [6, 6.07) is 14.6. The molecule has 20 heavy (non-hydrogen) atoms. The van der Waals surface area contributed by atoms with Crippen molar-refractivity contribution in [2.45, 2.75) is 13.0 Å². The molecule has 0 fully saturated rings. The lowest BCUT2D eigenvalue weighted by Gasteiger charge is -2.20. The van der Waals surface area contributed by atoms with E-state index in [1.807, 2.05) is 30.6 Å². The first-order chi connectivity index (χ1) is 9.90. The van der Waals surface area contributed by atoms with E-state index in [1.54, 1.807) is 6.20 Å². The lowest BCUT2D eigenvalue weighted by atomic mass is 9.97. The molecule has 2 heterocycles. The van der Waals surface area contributed by atoms with Crippen LogP contribution in [0, 0.1) is 0 Å². The van der Waals surface area contributed by atoms with Crippen molar-refractivity contribution in [2.24, 2.45) is 0 Å². The van der Waals surface area contributed by atoms with Gasteiger partial charge >= 0.3 is 0 Å². The zero-order valence-electron chi connectivity index (χ0n) is 11.5. The van der Waals surface area contributed by atoms with Crippen LogP contribution in [0.25, 0.3) is 10.9 Å². The third-order valence-corrected chi connectivity index (χ3v) is 3.42. The number of hydrogen-bond donors (Lipinski definition) is 1. The van der Waals surface area contributed by atoms with Gasteiger partial charge in [-0.2, -0.15) is 0 Å². The summed E-state index contributed by atoms with van der Waals surface area (Å²) >= 11 is 0. The first kappa shape index (κ1) is 12.8. The molecule has 2 aromatic heterocycles. The normalized spacial score (nSPS) is 12.4. The Morgan fingerprint density at radius 3 is 2.75 bits per heavy atom. The number of nitrogens with zero attached hydrogens (tertiary/aromatic N) is 2. The Labute approximate surface area is 118 Å². The van der Waals surface area contributed by atoms with Crippen molar-refractivity contribution in [1.82, 2.24) is 15.3 Å². The highest BCUT2D eigenvalue weighted by molar-refractivity contribution is 5.82. The fraction of sp³-hybridized carbons (Fsp3) is 0.176. The van der Waals surface area contributed by atoms with Crippen molar-refractivity contribution in [2.75, 3.05) is 6.54 Å². The molecule has 0 aliphatic carbocycles. The largest absolute Gasteiger partial charge is 0.306 e. The second-order valence-electron chi connectivity index (χ2n) is 4.69. The van der Waals surface area contributed by atoms with Crippen LogP contribution in [0.3, 0.4) is 0 Å². The Balaban J connectivity index is 2.15. The highest BCUT2D eigenvalue weighted by Gasteiger charge is 2.15. The molecule has 3 nitrogen and oxygen atoms in total. The summed E-state index contributed by atoms with van der Waals surface area (Å²) in [5.74, 6) is 0. The molecule has 0 aliphatic rings. The van der Waals surface area contributed by atoms with Crippen LogP contribution in [0.5, 0.6) is 0 Å². The third kappa shape index (κ3) is 2.40. The Morgan fingerprint density at radius 2 is 1.95 bits per heavy atom. The van der Waals surface area contributed by atoms with Gasteiger partial charge in [0.05, 0.1) is 11.6 Å². The van der Waals surface area contributed by atoms with Gasteiger partial charge in [-0.15, -0.1) is 0 Å². The Hall–Kier alpha value is -2.26. The van der Waals surface area contributed by atoms with E-state index in [0.29, 0.717) is 0 Å². The summed E-state index contributed by atoms with van der Waals surface area (Å²) in [7, 11) is 0. The standard InChI is InChI=1S/C17H17N3/c1-2-19-17(13-6-5-10-18-12-13)15-9-11-20-16-8-4-3-7-14(15)16/h3-12,17,19H,2H2,1H3. The second-order valence-corrected chi connectivity index (χ2v) is 4.69. The quantitative estimate of drug-likeness (QED) is 0.784. The molecule has 1 unspecified atom stereocenters. The number of aromatic nitrogens is 2. The van der Waals surface area contributed by atoms with E-state index in [2.05, 4.69) is 46.5 Å². The summed E-state index contributed by atoms with van der Waals surface area (Å²) < 4.78 is 0. The molecule has 0 radical (unpaired) electrons. The minimum atomic E-state index is 0.140. The lowest BCUT2D eigenvalue weighted by molar-refractivity contribution is 0.632. The Kier molecular flexibility index (Phi) is 3.70. The molecule has 3 rings (SSSR count). The van der Waals surface area contributed by atoms with Gasteiger partial charge in [-0.1, -0.05) is 31.2 Å². The maximum absolute atomic E-state index is 4.43. The third-order valence-electron chi connectivity index (χ3n) is 3.42. The predicted octanol–water partition coefficient (Wildman–Crippen LogP) is 3.33. The predicted molar refractivity (Wildman–Crippen MR) is 81.5 cm³/mol. The summed E-state index contributed by atoms with van der Waals surface area (Å²) in [6.45, 7) is 3.02. The molecule has 3 aromatic rings. The molecule has 1 atom stereocenters. The van der Waals surface area contributed by atoms with Crippen molar-refractivity contribution >= 4 is 10.9 Å². The molecule has 1 N–H and O–H groups in total. The van der Waals surface area contributed by atoms with Gasteiger partial charge in [-0.3, -0.25) is 9.97 Å². The van der Waals surface area contributed by atoms with Gasteiger partial charge in [0.15, 0.2) is 0 Å². The minimum absolute atomic E-state index is 0.140. The monoisotopic (exact) mass is 263 g/mol. The SMILES string of the molecule is CCNC(c1cccnc1)c1ccnc2ccccc12. The van der Waals surface area contributed by atoms with Gasteiger partial charge < -0.3 is 5.32 Å². The average molecular weight is 263 g/mol. The van der Waals surface area contributed by atoms with Crippen LogP contribution in [0.4, 0.5) is 0 Å². The molecule has 3 heteroatoms. The summed E-state index contributed by atoms with van der Waals surface area (Å²) in [5.41, 5.74) is 3.44. The fourth-order valence-electron chi connectivity index (χ4n) is 2.53. The smallest absolute Gasteiger partial charge is 0.0705 e. The van der Waals surface area contributed by atoms with Crippen LogP contribution in [0.15, 0.2) is 61.1 Å². The maximum atomic E-state index is 4.43. The molecule has 1 aromatic carbocycles. The molecule has 0 saturated heterocycles. The summed E-state index contributed by atoms with van der Waals surface area (Å²) in [5, 5.41) is 4.72. The van der Waals surface area contributed by atoms with Gasteiger partial charge in [-0.05, 0) is 35.9 Å². The van der Waals surface area contributed by atoms with E-state index in [0.717, 1.165) is 12.1 Å². The van der Waals surface area contributed by atoms with E-state index in [4.69, 9.17) is 0 Å². The van der Waals surface area contributed by atoms with Crippen molar-refractivity contribution < 1.29 is 0 Å². The molecular formula is C17H17N3. The number of benzene rings is 1. The van der Waals surface area contributed by atoms with Crippen molar-refractivity contribution in [1.29, 1.82) is 0 Å². The van der Waals surface area contributed by atoms with Gasteiger partial charge in [0.25, 0.3) is 0 Å². The van der Waals surface area contributed by atoms with Crippen LogP contribution in [-0.2, 0) is 0 Å². The molecule has 0 saturated carbocycles. The zero-order valence-corrected chi connectivity index (χ0v) is 11.5. The highest BCUT2D eigenvalue weighted by Crippen LogP contribution is 2.27. The Morgan fingerprint density at radius 1 is 1.05 bits per heavy atom. The van der Waals surface area contributed by atoms with Gasteiger partial charge in [-0.25, -0.2) is 0 Å². The molecule has 0 aliphatic heterocycles. The summed E-state index contributed by atoms with van der Waals surface area (Å²) in [6.07, 6.45) is 5.60. The lowest BCUT2D eigenvalue weighted by Crippen LogP contribution is -2.22. The van der Waals surface area contributed by atoms with Crippen LogP contribution >= 0.6 is 0 Å². The van der Waals surface area contributed by atoms with E-state index in [1.165, 1.54) is 16.5 Å². The van der Waals surface area contributed by atoms with E-state index in [9.17, 15) is 0 Å². The highest BCUT2D eigenvalue weighted by atomic mass is 14.9. The first-order valence-corrected chi connectivity index (χ1v) is 6.87. The number of pyridine rings is 2. The minimum Gasteiger partial charge on any atom is -0.306 e. The number of para-hydroxylation sites is 1.